The van der Waals surface area contributed by atoms with Crippen LogP contribution in [0.15, 0.2) is 6.20 Å². The molecule has 0 unspecified atom stereocenters. The molecule has 0 bridgehead atoms. The number of hydrogen-bond acceptors (Lipinski definition) is 5. The third kappa shape index (κ3) is 5.65. The highest BCUT2D eigenvalue weighted by atomic mass is 16.5. The Hall–Kier alpha value is -1.67. The molecule has 3 N–H and O–H groups in total. The molecule has 2 aliphatic rings. The van der Waals surface area contributed by atoms with Gasteiger partial charge in [-0.2, -0.15) is 0 Å². The van der Waals surface area contributed by atoms with E-state index in [0.717, 1.165) is 37.9 Å². The Morgan fingerprint density at radius 3 is 2.89 bits per heavy atom. The summed E-state index contributed by atoms with van der Waals surface area (Å²) in [7, 11) is 0. The lowest BCUT2D eigenvalue weighted by atomic mass is 9.97. The maximum Gasteiger partial charge on any atom is 0.315 e. The van der Waals surface area contributed by atoms with E-state index in [1.54, 1.807) is 0 Å². The van der Waals surface area contributed by atoms with E-state index in [0.29, 0.717) is 12.5 Å². The van der Waals surface area contributed by atoms with Gasteiger partial charge in [0.1, 0.15) is 6.10 Å². The number of aliphatic hydroxyl groups excluding tert-OH is 1. The lowest BCUT2D eigenvalue weighted by molar-refractivity contribution is -0.0907. The summed E-state index contributed by atoms with van der Waals surface area (Å²) in [5, 5.41) is 24.0. The first-order chi connectivity index (χ1) is 13.2. The zero-order valence-corrected chi connectivity index (χ0v) is 16.3. The lowest BCUT2D eigenvalue weighted by Gasteiger charge is -2.36. The second-order valence-electron chi connectivity index (χ2n) is 7.74. The van der Waals surface area contributed by atoms with E-state index in [1.165, 1.54) is 25.7 Å². The average Bonchev–Trinajstić information content (AvgIpc) is 3.37. The van der Waals surface area contributed by atoms with Crippen molar-refractivity contribution in [1.82, 2.24) is 25.6 Å². The number of aliphatic hydroxyl groups is 1. The van der Waals surface area contributed by atoms with Crippen LogP contribution in [0.2, 0.25) is 0 Å². The van der Waals surface area contributed by atoms with Gasteiger partial charge < -0.3 is 20.5 Å². The first kappa shape index (κ1) is 20.1. The molecule has 1 saturated heterocycles. The van der Waals surface area contributed by atoms with Crippen molar-refractivity contribution in [2.24, 2.45) is 0 Å². The quantitative estimate of drug-likeness (QED) is 0.641. The number of nitrogens with zero attached hydrogens (tertiary/aromatic N) is 3. The first-order valence-corrected chi connectivity index (χ1v) is 10.4. The molecule has 3 rings (SSSR count). The van der Waals surface area contributed by atoms with Gasteiger partial charge in [0.15, 0.2) is 0 Å². The van der Waals surface area contributed by atoms with Gasteiger partial charge in [-0.15, -0.1) is 5.10 Å². The fraction of sp³-hybridized carbons (Fsp3) is 0.842. The van der Waals surface area contributed by atoms with Crippen molar-refractivity contribution in [3.63, 3.8) is 0 Å². The van der Waals surface area contributed by atoms with Gasteiger partial charge in [-0.1, -0.05) is 25.0 Å². The number of carbonyl (C=O) groups is 1. The van der Waals surface area contributed by atoms with E-state index in [4.69, 9.17) is 4.74 Å². The Labute approximate surface area is 161 Å². The van der Waals surface area contributed by atoms with Gasteiger partial charge >= 0.3 is 6.03 Å². The Bertz CT molecular complexity index is 588. The molecule has 2 heterocycles. The second-order valence-corrected chi connectivity index (χ2v) is 7.74. The molecule has 27 heavy (non-hydrogen) atoms. The number of aryl methyl sites for hydroxylation is 1. The molecule has 152 valence electrons. The highest BCUT2D eigenvalue weighted by Gasteiger charge is 2.31. The third-order valence-corrected chi connectivity index (χ3v) is 5.66. The average molecular weight is 380 g/mol. The fourth-order valence-corrected chi connectivity index (χ4v) is 4.07. The SMILES string of the molecule is CCCNC(=O)N[C@H]1CC[C@H](CCn2cc(C3CCCC3)nn2)O[C@H]1CO. The largest absolute Gasteiger partial charge is 0.394 e. The summed E-state index contributed by atoms with van der Waals surface area (Å²) in [6, 6.07) is -0.340. The topological polar surface area (TPSA) is 101 Å². The van der Waals surface area contributed by atoms with Gasteiger partial charge in [0.05, 0.1) is 24.4 Å². The molecule has 8 heteroatoms. The number of amides is 2. The van der Waals surface area contributed by atoms with Gasteiger partial charge in [0.25, 0.3) is 0 Å². The monoisotopic (exact) mass is 379 g/mol. The molecular formula is C19H33N5O3. The summed E-state index contributed by atoms with van der Waals surface area (Å²) in [5.74, 6) is 0.578. The summed E-state index contributed by atoms with van der Waals surface area (Å²) >= 11 is 0. The molecule has 1 aromatic heterocycles. The van der Waals surface area contributed by atoms with Crippen molar-refractivity contribution in [2.45, 2.75) is 89.0 Å². The number of rotatable bonds is 8. The van der Waals surface area contributed by atoms with Gasteiger partial charge in [-0.05, 0) is 38.5 Å². The molecular weight excluding hydrogens is 346 g/mol. The van der Waals surface area contributed by atoms with E-state index in [2.05, 4.69) is 27.1 Å². The van der Waals surface area contributed by atoms with Crippen molar-refractivity contribution in [3.05, 3.63) is 11.9 Å². The van der Waals surface area contributed by atoms with Gasteiger partial charge in [-0.3, -0.25) is 4.68 Å². The van der Waals surface area contributed by atoms with E-state index < -0.39 is 0 Å². The predicted molar refractivity (Wildman–Crippen MR) is 101 cm³/mol. The normalized spacial score (nSPS) is 26.2. The van der Waals surface area contributed by atoms with Crippen LogP contribution in [0.3, 0.4) is 0 Å². The molecule has 0 spiro atoms. The minimum absolute atomic E-state index is 0.0676. The highest BCUT2D eigenvalue weighted by molar-refractivity contribution is 5.74. The number of ether oxygens (including phenoxy) is 1. The first-order valence-electron chi connectivity index (χ1n) is 10.4. The number of carbonyl (C=O) groups excluding carboxylic acids is 1. The van der Waals surface area contributed by atoms with Crippen molar-refractivity contribution in [1.29, 1.82) is 0 Å². The highest BCUT2D eigenvalue weighted by Crippen LogP contribution is 2.32. The maximum absolute atomic E-state index is 11.9. The van der Waals surface area contributed by atoms with E-state index >= 15 is 0 Å². The van der Waals surface area contributed by atoms with Crippen LogP contribution in [0.1, 0.15) is 69.9 Å². The molecule has 1 saturated carbocycles. The number of aromatic nitrogens is 3. The Morgan fingerprint density at radius 2 is 2.15 bits per heavy atom. The number of hydrogen-bond donors (Lipinski definition) is 3. The lowest BCUT2D eigenvalue weighted by Crippen LogP contribution is -2.53. The predicted octanol–water partition coefficient (Wildman–Crippen LogP) is 1.94. The van der Waals surface area contributed by atoms with Crippen LogP contribution in [0.4, 0.5) is 4.79 Å². The second kappa shape index (κ2) is 10.0. The van der Waals surface area contributed by atoms with Crippen LogP contribution in [-0.2, 0) is 11.3 Å². The van der Waals surface area contributed by atoms with E-state index in [9.17, 15) is 9.90 Å². The Morgan fingerprint density at radius 1 is 1.33 bits per heavy atom. The van der Waals surface area contributed by atoms with Crippen LogP contribution in [-0.4, -0.2) is 57.5 Å². The van der Waals surface area contributed by atoms with Crippen molar-refractivity contribution >= 4 is 6.03 Å². The number of urea groups is 1. The van der Waals surface area contributed by atoms with Gasteiger partial charge in [-0.25, -0.2) is 4.79 Å². The minimum atomic E-state index is -0.360. The molecule has 1 aliphatic carbocycles. The van der Waals surface area contributed by atoms with Crippen LogP contribution >= 0.6 is 0 Å². The molecule has 2 fully saturated rings. The molecule has 8 nitrogen and oxygen atoms in total. The van der Waals surface area contributed by atoms with Crippen molar-refractivity contribution < 1.29 is 14.6 Å². The van der Waals surface area contributed by atoms with Crippen LogP contribution in [0.5, 0.6) is 0 Å². The zero-order valence-electron chi connectivity index (χ0n) is 16.3. The summed E-state index contributed by atoms with van der Waals surface area (Å²) in [5.41, 5.74) is 1.12. The van der Waals surface area contributed by atoms with Crippen molar-refractivity contribution in [2.75, 3.05) is 13.2 Å². The molecule has 0 aromatic carbocycles. The summed E-state index contributed by atoms with van der Waals surface area (Å²) in [4.78, 5) is 11.9. The number of nitrogens with one attached hydrogen (secondary N) is 2. The van der Waals surface area contributed by atoms with Gasteiger partial charge in [0.2, 0.25) is 0 Å². The molecule has 1 aromatic rings. The minimum Gasteiger partial charge on any atom is -0.394 e. The molecule has 2 amide bonds. The van der Waals surface area contributed by atoms with E-state index in [-0.39, 0.29) is 30.9 Å². The van der Waals surface area contributed by atoms with Crippen LogP contribution < -0.4 is 10.6 Å². The van der Waals surface area contributed by atoms with Crippen LogP contribution in [0, 0.1) is 0 Å². The molecule has 0 radical (unpaired) electrons. The van der Waals surface area contributed by atoms with Gasteiger partial charge in [0, 0.05) is 25.2 Å². The molecule has 1 aliphatic heterocycles. The fourth-order valence-electron chi connectivity index (χ4n) is 4.07. The summed E-state index contributed by atoms with van der Waals surface area (Å²) < 4.78 is 7.94. The van der Waals surface area contributed by atoms with E-state index in [1.807, 2.05) is 11.6 Å². The third-order valence-electron chi connectivity index (χ3n) is 5.66. The Kier molecular flexibility index (Phi) is 7.46. The standard InChI is InChI=1S/C19H33N5O3/c1-2-10-20-19(26)21-16-8-7-15(27-18(16)13-25)9-11-24-12-17(22-23-24)14-5-3-4-6-14/h12,14-16,18,25H,2-11,13H2,1H3,(H2,20,21,26)/t15-,16+,18+/m1/s1. The van der Waals surface area contributed by atoms with Crippen LogP contribution in [0.25, 0.3) is 0 Å². The summed E-state index contributed by atoms with van der Waals surface area (Å²) in [6.07, 6.45) is 10.2. The molecule has 3 atom stereocenters. The van der Waals surface area contributed by atoms with Crippen molar-refractivity contribution in [3.8, 4) is 0 Å². The maximum atomic E-state index is 11.9. The Balaban J connectivity index is 1.43. The summed E-state index contributed by atoms with van der Waals surface area (Å²) in [6.45, 7) is 3.32. The zero-order chi connectivity index (χ0) is 19.1. The smallest absolute Gasteiger partial charge is 0.315 e.